The monoisotopic (exact) mass is 446 g/mol. The molecule has 4 heterocycles. The molecule has 0 saturated carbocycles. The van der Waals surface area contributed by atoms with Crippen molar-refractivity contribution in [3.63, 3.8) is 0 Å². The van der Waals surface area contributed by atoms with Gasteiger partial charge in [0.1, 0.15) is 5.65 Å². The van der Waals surface area contributed by atoms with Crippen molar-refractivity contribution in [3.8, 4) is 22.8 Å². The lowest BCUT2D eigenvalue weighted by Gasteiger charge is -2.13. The van der Waals surface area contributed by atoms with E-state index in [4.69, 9.17) is 15.2 Å². The number of aromatic nitrogens is 3. The zero-order chi connectivity index (χ0) is 22.2. The Morgan fingerprint density at radius 2 is 1.94 bits per heavy atom. The minimum absolute atomic E-state index is 0.299. The van der Waals surface area contributed by atoms with Crippen molar-refractivity contribution in [2.24, 2.45) is 12.8 Å². The Balaban J connectivity index is 1.60. The number of hydrogen-bond donors (Lipinski definition) is 2. The molecular formula is C25H26N4O2S. The Hall–Kier alpha value is -3.29. The number of H-pyrrole nitrogens is 1. The van der Waals surface area contributed by atoms with E-state index in [0.29, 0.717) is 18.2 Å². The Labute approximate surface area is 190 Å². The number of thiophene rings is 1. The first-order chi connectivity index (χ1) is 15.6. The number of pyridine rings is 1. The largest absolute Gasteiger partial charge is 0.493 e. The minimum Gasteiger partial charge on any atom is -0.493 e. The van der Waals surface area contributed by atoms with Crippen molar-refractivity contribution in [2.45, 2.75) is 12.3 Å². The number of aromatic amines is 1. The molecule has 0 bridgehead atoms. The predicted molar refractivity (Wildman–Crippen MR) is 131 cm³/mol. The molecule has 1 aromatic carbocycles. The average Bonchev–Trinajstić information content (AvgIpc) is 3.55. The van der Waals surface area contributed by atoms with Gasteiger partial charge in [0, 0.05) is 64.9 Å². The van der Waals surface area contributed by atoms with E-state index in [1.165, 1.54) is 10.4 Å². The van der Waals surface area contributed by atoms with Gasteiger partial charge in [-0.25, -0.2) is 4.98 Å². The lowest BCUT2D eigenvalue weighted by atomic mass is 9.96. The van der Waals surface area contributed by atoms with Crippen molar-refractivity contribution in [3.05, 3.63) is 64.6 Å². The van der Waals surface area contributed by atoms with Crippen LogP contribution in [0.15, 0.2) is 54.2 Å². The van der Waals surface area contributed by atoms with Gasteiger partial charge >= 0.3 is 0 Å². The summed E-state index contributed by atoms with van der Waals surface area (Å²) < 4.78 is 13.1. The van der Waals surface area contributed by atoms with E-state index in [0.717, 1.165) is 45.4 Å². The second-order valence-electron chi connectivity index (χ2n) is 7.95. The van der Waals surface area contributed by atoms with Crippen LogP contribution in [0.5, 0.6) is 11.5 Å². The molecule has 0 amide bonds. The summed E-state index contributed by atoms with van der Waals surface area (Å²) in [6.07, 6.45) is 4.88. The summed E-state index contributed by atoms with van der Waals surface area (Å²) in [6, 6.07) is 12.6. The van der Waals surface area contributed by atoms with E-state index in [1.54, 1.807) is 25.6 Å². The maximum atomic E-state index is 6.13. The van der Waals surface area contributed by atoms with Gasteiger partial charge in [-0.15, -0.1) is 11.3 Å². The maximum absolute atomic E-state index is 6.13. The van der Waals surface area contributed by atoms with Crippen LogP contribution in [0.1, 0.15) is 16.4 Å². The van der Waals surface area contributed by atoms with E-state index < -0.39 is 0 Å². The van der Waals surface area contributed by atoms with Gasteiger partial charge < -0.3 is 24.8 Å². The lowest BCUT2D eigenvalue weighted by molar-refractivity contribution is 0.355. The molecule has 32 heavy (non-hydrogen) atoms. The summed E-state index contributed by atoms with van der Waals surface area (Å²) >= 11 is 1.76. The van der Waals surface area contributed by atoms with Crippen molar-refractivity contribution in [2.75, 3.05) is 20.8 Å². The van der Waals surface area contributed by atoms with Crippen LogP contribution in [-0.2, 0) is 13.5 Å². The van der Waals surface area contributed by atoms with Gasteiger partial charge in [0.25, 0.3) is 0 Å². The summed E-state index contributed by atoms with van der Waals surface area (Å²) in [4.78, 5) is 9.44. The number of nitrogens with one attached hydrogen (secondary N) is 1. The van der Waals surface area contributed by atoms with Crippen molar-refractivity contribution >= 4 is 33.3 Å². The highest BCUT2D eigenvalue weighted by Crippen LogP contribution is 2.39. The molecule has 5 aromatic rings. The van der Waals surface area contributed by atoms with Gasteiger partial charge in [0.2, 0.25) is 0 Å². The molecule has 0 spiro atoms. The van der Waals surface area contributed by atoms with Crippen LogP contribution in [0.3, 0.4) is 0 Å². The Bertz CT molecular complexity index is 1380. The Morgan fingerprint density at radius 3 is 2.66 bits per heavy atom. The smallest absolute Gasteiger partial charge is 0.162 e. The quantitative estimate of drug-likeness (QED) is 0.365. The third-order valence-electron chi connectivity index (χ3n) is 6.10. The van der Waals surface area contributed by atoms with E-state index in [2.05, 4.69) is 50.4 Å². The molecule has 0 aliphatic heterocycles. The SMILES string of the molecule is COc1cc2c(-c3cc4c(CC(CN)c5cccs5)ccnc4[nH]3)cn(C)c2cc1OC. The molecule has 0 aliphatic carbocycles. The van der Waals surface area contributed by atoms with Gasteiger partial charge in [-0.3, -0.25) is 0 Å². The van der Waals surface area contributed by atoms with Crippen molar-refractivity contribution in [1.82, 2.24) is 14.5 Å². The first-order valence-electron chi connectivity index (χ1n) is 10.5. The van der Waals surface area contributed by atoms with E-state index >= 15 is 0 Å². The molecule has 3 N–H and O–H groups in total. The summed E-state index contributed by atoms with van der Waals surface area (Å²) in [5, 5.41) is 4.34. The highest BCUT2D eigenvalue weighted by atomic mass is 32.1. The van der Waals surface area contributed by atoms with E-state index in [1.807, 2.05) is 25.4 Å². The number of benzene rings is 1. The highest BCUT2D eigenvalue weighted by molar-refractivity contribution is 7.10. The second kappa shape index (κ2) is 8.33. The number of methoxy groups -OCH3 is 2. The maximum Gasteiger partial charge on any atom is 0.162 e. The fourth-order valence-corrected chi connectivity index (χ4v) is 5.26. The third-order valence-corrected chi connectivity index (χ3v) is 7.14. The fraction of sp³-hybridized carbons (Fsp3) is 0.240. The first-order valence-corrected chi connectivity index (χ1v) is 11.4. The highest BCUT2D eigenvalue weighted by Gasteiger charge is 2.18. The lowest BCUT2D eigenvalue weighted by Crippen LogP contribution is -2.14. The zero-order valence-corrected chi connectivity index (χ0v) is 19.2. The van der Waals surface area contributed by atoms with Crippen LogP contribution in [-0.4, -0.2) is 35.3 Å². The molecule has 7 heteroatoms. The number of nitrogens with zero attached hydrogens (tertiary/aromatic N) is 2. The van der Waals surface area contributed by atoms with Gasteiger partial charge in [-0.1, -0.05) is 6.07 Å². The van der Waals surface area contributed by atoms with Gasteiger partial charge in [-0.05, 0) is 41.6 Å². The summed E-state index contributed by atoms with van der Waals surface area (Å²) in [5.41, 5.74) is 11.5. The number of fused-ring (bicyclic) bond motifs is 2. The summed E-state index contributed by atoms with van der Waals surface area (Å²) in [6.45, 7) is 0.618. The molecule has 5 rings (SSSR count). The Kier molecular flexibility index (Phi) is 5.36. The van der Waals surface area contributed by atoms with Gasteiger partial charge in [0.15, 0.2) is 11.5 Å². The Morgan fingerprint density at radius 1 is 1.12 bits per heavy atom. The van der Waals surface area contributed by atoms with Gasteiger partial charge in [-0.2, -0.15) is 0 Å². The molecule has 1 unspecified atom stereocenters. The van der Waals surface area contributed by atoms with Crippen LogP contribution in [0.25, 0.3) is 33.2 Å². The molecule has 164 valence electrons. The normalized spacial score (nSPS) is 12.5. The van der Waals surface area contributed by atoms with Crippen LogP contribution in [0.2, 0.25) is 0 Å². The first kappa shape index (κ1) is 20.6. The summed E-state index contributed by atoms with van der Waals surface area (Å²) in [5.74, 6) is 1.73. The molecule has 6 nitrogen and oxygen atoms in total. The van der Waals surface area contributed by atoms with Crippen LogP contribution < -0.4 is 15.2 Å². The third kappa shape index (κ3) is 3.43. The van der Waals surface area contributed by atoms with Crippen LogP contribution >= 0.6 is 11.3 Å². The van der Waals surface area contributed by atoms with E-state index in [-0.39, 0.29) is 0 Å². The number of aryl methyl sites for hydroxylation is 1. The second-order valence-corrected chi connectivity index (χ2v) is 8.92. The molecule has 1 atom stereocenters. The van der Waals surface area contributed by atoms with Crippen LogP contribution in [0, 0.1) is 0 Å². The van der Waals surface area contributed by atoms with Crippen LogP contribution in [0.4, 0.5) is 0 Å². The predicted octanol–water partition coefficient (Wildman–Crippen LogP) is 5.09. The standard InChI is InChI=1S/C25H26N4O2S/c1-29-14-19(18-11-22(30-2)23(31-3)12-21(18)29)20-10-17-15(6-7-27-25(17)28-20)9-16(13-26)24-5-4-8-32-24/h4-8,10-12,14,16H,9,13,26H2,1-3H3,(H,27,28). The summed E-state index contributed by atoms with van der Waals surface area (Å²) in [7, 11) is 5.35. The van der Waals surface area contributed by atoms with E-state index in [9.17, 15) is 0 Å². The number of rotatable bonds is 7. The average molecular weight is 447 g/mol. The van der Waals surface area contributed by atoms with Gasteiger partial charge in [0.05, 0.1) is 19.7 Å². The van der Waals surface area contributed by atoms with Crippen molar-refractivity contribution in [1.29, 1.82) is 0 Å². The fourth-order valence-electron chi connectivity index (χ4n) is 4.42. The topological polar surface area (TPSA) is 78.1 Å². The van der Waals surface area contributed by atoms with Crippen molar-refractivity contribution < 1.29 is 9.47 Å². The molecule has 0 saturated heterocycles. The zero-order valence-electron chi connectivity index (χ0n) is 18.4. The molecule has 0 radical (unpaired) electrons. The molecule has 0 fully saturated rings. The molecule has 4 aromatic heterocycles. The molecular weight excluding hydrogens is 420 g/mol. The minimum atomic E-state index is 0.299. The molecule has 0 aliphatic rings. The number of hydrogen-bond acceptors (Lipinski definition) is 5. The number of ether oxygens (including phenoxy) is 2. The number of nitrogens with two attached hydrogens (primary N) is 1.